The number of hydrogen-bond donors (Lipinski definition) is 2. The zero-order chi connectivity index (χ0) is 14.1. The summed E-state index contributed by atoms with van der Waals surface area (Å²) >= 11 is 5.93. The van der Waals surface area contributed by atoms with Crippen molar-refractivity contribution in [3.05, 3.63) is 64.8 Å². The molecular weight excluding hydrogens is 272 g/mol. The van der Waals surface area contributed by atoms with Crippen LogP contribution < -0.4 is 5.32 Å². The molecule has 0 fully saturated rings. The Hall–Kier alpha value is -2.26. The number of aryl methyl sites for hydroxylation is 1. The van der Waals surface area contributed by atoms with E-state index >= 15 is 0 Å². The fraction of sp³-hybridized carbons (Fsp3) is 0.0625. The van der Waals surface area contributed by atoms with Gasteiger partial charge in [0.25, 0.3) is 5.91 Å². The highest BCUT2D eigenvalue weighted by Crippen LogP contribution is 2.20. The van der Waals surface area contributed by atoms with E-state index in [1.165, 1.54) is 0 Å². The molecule has 0 spiro atoms. The molecule has 0 bridgehead atoms. The maximum atomic E-state index is 12.2. The van der Waals surface area contributed by atoms with Crippen LogP contribution in [0, 0.1) is 6.92 Å². The summed E-state index contributed by atoms with van der Waals surface area (Å²) in [5.74, 6) is -0.164. The van der Waals surface area contributed by atoms with Crippen LogP contribution in [0.2, 0.25) is 5.02 Å². The average Bonchev–Trinajstić information content (AvgIpc) is 2.81. The molecule has 3 rings (SSSR count). The number of H-pyrrole nitrogens is 1. The number of rotatable bonds is 2. The van der Waals surface area contributed by atoms with Crippen LogP contribution in [0.5, 0.6) is 0 Å². The molecule has 0 atom stereocenters. The molecule has 3 aromatic rings. The van der Waals surface area contributed by atoms with Crippen LogP contribution in [-0.2, 0) is 0 Å². The van der Waals surface area contributed by atoms with Crippen LogP contribution in [0.1, 0.15) is 16.1 Å². The van der Waals surface area contributed by atoms with E-state index in [0.29, 0.717) is 10.7 Å². The molecule has 3 nitrogen and oxygen atoms in total. The number of anilines is 1. The minimum absolute atomic E-state index is 0.164. The number of hydrogen-bond acceptors (Lipinski definition) is 1. The Balaban J connectivity index is 1.88. The third-order valence-electron chi connectivity index (χ3n) is 3.11. The number of fused-ring (bicyclic) bond motifs is 1. The number of carbonyl (C=O) groups excluding carboxylic acids is 1. The van der Waals surface area contributed by atoms with Crippen LogP contribution in [0.4, 0.5) is 5.69 Å². The van der Waals surface area contributed by atoms with Gasteiger partial charge in [-0.3, -0.25) is 4.79 Å². The van der Waals surface area contributed by atoms with E-state index in [2.05, 4.69) is 10.3 Å². The maximum Gasteiger partial charge on any atom is 0.272 e. The molecule has 1 amide bonds. The largest absolute Gasteiger partial charge is 0.350 e. The van der Waals surface area contributed by atoms with Gasteiger partial charge in [-0.05, 0) is 42.8 Å². The second-order valence-electron chi connectivity index (χ2n) is 4.74. The molecule has 0 aliphatic carbocycles. The normalized spacial score (nSPS) is 10.7. The minimum atomic E-state index is -0.164. The summed E-state index contributed by atoms with van der Waals surface area (Å²) in [4.78, 5) is 15.3. The number of amides is 1. The molecule has 4 heteroatoms. The van der Waals surface area contributed by atoms with Gasteiger partial charge in [-0.25, -0.2) is 0 Å². The molecule has 2 N–H and O–H groups in total. The first-order valence-corrected chi connectivity index (χ1v) is 6.66. The fourth-order valence-corrected chi connectivity index (χ4v) is 2.31. The average molecular weight is 285 g/mol. The Bertz CT molecular complexity index is 792. The summed E-state index contributed by atoms with van der Waals surface area (Å²) in [5, 5.41) is 4.48. The molecule has 0 unspecified atom stereocenters. The third-order valence-corrected chi connectivity index (χ3v) is 3.34. The number of aromatic nitrogens is 1. The van der Waals surface area contributed by atoms with Gasteiger partial charge >= 0.3 is 0 Å². The van der Waals surface area contributed by atoms with Crippen molar-refractivity contribution in [2.24, 2.45) is 0 Å². The molecule has 20 heavy (non-hydrogen) atoms. The van der Waals surface area contributed by atoms with E-state index in [4.69, 9.17) is 11.6 Å². The van der Waals surface area contributed by atoms with Crippen molar-refractivity contribution in [1.29, 1.82) is 0 Å². The van der Waals surface area contributed by atoms with Crippen molar-refractivity contribution in [3.63, 3.8) is 0 Å². The highest BCUT2D eigenvalue weighted by atomic mass is 35.5. The van der Waals surface area contributed by atoms with E-state index in [0.717, 1.165) is 22.2 Å². The first kappa shape index (κ1) is 12.8. The van der Waals surface area contributed by atoms with Gasteiger partial charge in [0.15, 0.2) is 0 Å². The van der Waals surface area contributed by atoms with Gasteiger partial charge in [-0.15, -0.1) is 0 Å². The Kier molecular flexibility index (Phi) is 3.20. The Morgan fingerprint density at radius 2 is 2.00 bits per heavy atom. The van der Waals surface area contributed by atoms with E-state index in [1.54, 1.807) is 12.1 Å². The quantitative estimate of drug-likeness (QED) is 0.720. The van der Waals surface area contributed by atoms with Crippen LogP contribution >= 0.6 is 11.6 Å². The lowest BCUT2D eigenvalue weighted by atomic mass is 10.2. The second-order valence-corrected chi connectivity index (χ2v) is 5.17. The SMILES string of the molecule is Cc1cccc(NC(=O)c2cc3ccc(Cl)cc3[nH]2)c1. The number of nitrogens with one attached hydrogen (secondary N) is 2. The van der Waals surface area contributed by atoms with Crippen molar-refractivity contribution in [1.82, 2.24) is 4.98 Å². The highest BCUT2D eigenvalue weighted by molar-refractivity contribution is 6.31. The molecule has 0 saturated carbocycles. The summed E-state index contributed by atoms with van der Waals surface area (Å²) in [6, 6.07) is 15.0. The smallest absolute Gasteiger partial charge is 0.272 e. The summed E-state index contributed by atoms with van der Waals surface area (Å²) in [6.07, 6.45) is 0. The van der Waals surface area contributed by atoms with Gasteiger partial charge in [0.2, 0.25) is 0 Å². The summed E-state index contributed by atoms with van der Waals surface area (Å²) in [5.41, 5.74) is 3.26. The number of aromatic amines is 1. The monoisotopic (exact) mass is 284 g/mol. The molecular formula is C16H13ClN2O. The predicted octanol–water partition coefficient (Wildman–Crippen LogP) is 4.38. The summed E-state index contributed by atoms with van der Waals surface area (Å²) < 4.78 is 0. The summed E-state index contributed by atoms with van der Waals surface area (Å²) in [6.45, 7) is 1.99. The molecule has 0 aliphatic rings. The number of halogens is 1. The predicted molar refractivity (Wildman–Crippen MR) is 82.4 cm³/mol. The zero-order valence-electron chi connectivity index (χ0n) is 10.9. The van der Waals surface area contributed by atoms with Gasteiger partial charge in [0.1, 0.15) is 5.69 Å². The lowest BCUT2D eigenvalue weighted by Gasteiger charge is -2.04. The number of carbonyl (C=O) groups is 1. The molecule has 1 aromatic heterocycles. The van der Waals surface area contributed by atoms with Crippen molar-refractivity contribution in [3.8, 4) is 0 Å². The Labute approximate surface area is 121 Å². The molecule has 100 valence electrons. The van der Waals surface area contributed by atoms with Crippen molar-refractivity contribution < 1.29 is 4.79 Å². The van der Waals surface area contributed by atoms with E-state index in [-0.39, 0.29) is 5.91 Å². The first-order valence-electron chi connectivity index (χ1n) is 6.28. The Morgan fingerprint density at radius 3 is 2.80 bits per heavy atom. The lowest BCUT2D eigenvalue weighted by molar-refractivity contribution is 0.102. The third kappa shape index (κ3) is 2.53. The van der Waals surface area contributed by atoms with Gasteiger partial charge in [0.05, 0.1) is 0 Å². The van der Waals surface area contributed by atoms with E-state index < -0.39 is 0 Å². The van der Waals surface area contributed by atoms with Crippen molar-refractivity contribution >= 4 is 34.1 Å². The van der Waals surface area contributed by atoms with Crippen LogP contribution in [0.3, 0.4) is 0 Å². The standard InChI is InChI=1S/C16H13ClN2O/c1-10-3-2-4-13(7-10)18-16(20)15-8-11-5-6-12(17)9-14(11)19-15/h2-9,19H,1H3,(H,18,20). The van der Waals surface area contributed by atoms with Crippen LogP contribution in [0.25, 0.3) is 10.9 Å². The van der Waals surface area contributed by atoms with Crippen molar-refractivity contribution in [2.45, 2.75) is 6.92 Å². The molecule has 0 aliphatic heterocycles. The van der Waals surface area contributed by atoms with Gasteiger partial charge < -0.3 is 10.3 Å². The minimum Gasteiger partial charge on any atom is -0.350 e. The highest BCUT2D eigenvalue weighted by Gasteiger charge is 2.10. The van der Waals surface area contributed by atoms with Crippen LogP contribution in [0.15, 0.2) is 48.5 Å². The maximum absolute atomic E-state index is 12.2. The zero-order valence-corrected chi connectivity index (χ0v) is 11.7. The van der Waals surface area contributed by atoms with E-state index in [9.17, 15) is 4.79 Å². The molecule has 0 saturated heterocycles. The fourth-order valence-electron chi connectivity index (χ4n) is 2.14. The number of benzene rings is 2. The topological polar surface area (TPSA) is 44.9 Å². The molecule has 2 aromatic carbocycles. The molecule has 0 radical (unpaired) electrons. The Morgan fingerprint density at radius 1 is 1.15 bits per heavy atom. The van der Waals surface area contributed by atoms with Gasteiger partial charge in [0, 0.05) is 21.6 Å². The first-order chi connectivity index (χ1) is 9.61. The van der Waals surface area contributed by atoms with Gasteiger partial charge in [-0.1, -0.05) is 29.8 Å². The van der Waals surface area contributed by atoms with E-state index in [1.807, 2.05) is 43.3 Å². The second kappa shape index (κ2) is 5.02. The van der Waals surface area contributed by atoms with Crippen LogP contribution in [-0.4, -0.2) is 10.9 Å². The lowest BCUT2D eigenvalue weighted by Crippen LogP contribution is -2.12. The van der Waals surface area contributed by atoms with Crippen molar-refractivity contribution in [2.75, 3.05) is 5.32 Å². The van der Waals surface area contributed by atoms with Gasteiger partial charge in [-0.2, -0.15) is 0 Å². The molecule has 1 heterocycles. The summed E-state index contributed by atoms with van der Waals surface area (Å²) in [7, 11) is 0.